The topological polar surface area (TPSA) is 98.7 Å². The summed E-state index contributed by atoms with van der Waals surface area (Å²) in [6.45, 7) is 2.00. The van der Waals surface area contributed by atoms with Gasteiger partial charge in [0.1, 0.15) is 18.0 Å². The van der Waals surface area contributed by atoms with Gasteiger partial charge < -0.3 is 15.8 Å². The number of alkyl halides is 1. The molecule has 0 radical (unpaired) electrons. The van der Waals surface area contributed by atoms with E-state index in [1.807, 2.05) is 13.0 Å². The first-order valence-corrected chi connectivity index (χ1v) is 8.77. The quantitative estimate of drug-likeness (QED) is 0.716. The molecule has 27 heavy (non-hydrogen) atoms. The summed E-state index contributed by atoms with van der Waals surface area (Å²) in [4.78, 5) is 27.6. The van der Waals surface area contributed by atoms with Crippen LogP contribution in [0, 0.1) is 5.92 Å². The van der Waals surface area contributed by atoms with Gasteiger partial charge in [-0.3, -0.25) is 14.0 Å². The van der Waals surface area contributed by atoms with Crippen molar-refractivity contribution in [3.05, 3.63) is 42.2 Å². The fraction of sp³-hybridized carbons (Fsp3) is 0.316. The van der Waals surface area contributed by atoms with E-state index in [1.54, 1.807) is 35.0 Å². The molecule has 3 aromatic rings. The van der Waals surface area contributed by atoms with Gasteiger partial charge in [0.2, 0.25) is 0 Å². The number of aromatic nitrogens is 2. The van der Waals surface area contributed by atoms with Gasteiger partial charge in [-0.25, -0.2) is 9.37 Å². The molecule has 0 spiro atoms. The normalized spacial score (nSPS) is 22.3. The number of nitrogens with two attached hydrogens (primary N) is 1. The van der Waals surface area contributed by atoms with Crippen LogP contribution in [0.3, 0.4) is 0 Å². The van der Waals surface area contributed by atoms with Crippen LogP contribution in [0.5, 0.6) is 5.75 Å². The Labute approximate surface area is 154 Å². The minimum atomic E-state index is -1.51. The molecule has 0 saturated carbocycles. The molecule has 0 aliphatic carbocycles. The Hall–Kier alpha value is -3.16. The number of fused-ring (bicyclic) bond motifs is 3. The lowest BCUT2D eigenvalue weighted by Gasteiger charge is -2.19. The third-order valence-corrected chi connectivity index (χ3v) is 5.08. The molecule has 0 bridgehead atoms. The molecule has 3 heterocycles. The van der Waals surface area contributed by atoms with Crippen LogP contribution in [0.2, 0.25) is 0 Å². The Morgan fingerprint density at radius 3 is 3.00 bits per heavy atom. The van der Waals surface area contributed by atoms with Gasteiger partial charge in [-0.05, 0) is 18.6 Å². The second-order valence-corrected chi connectivity index (χ2v) is 6.64. The van der Waals surface area contributed by atoms with Crippen molar-refractivity contribution in [2.45, 2.75) is 25.6 Å². The van der Waals surface area contributed by atoms with Crippen molar-refractivity contribution >= 4 is 28.4 Å². The molecule has 1 aliphatic rings. The second-order valence-electron chi connectivity index (χ2n) is 6.64. The van der Waals surface area contributed by atoms with Gasteiger partial charge in [0.05, 0.1) is 17.1 Å². The van der Waals surface area contributed by atoms with Crippen LogP contribution in [0.25, 0.3) is 16.6 Å². The molecule has 2 aromatic heterocycles. The van der Waals surface area contributed by atoms with Crippen LogP contribution >= 0.6 is 0 Å². The Kier molecular flexibility index (Phi) is 4.18. The van der Waals surface area contributed by atoms with Crippen LogP contribution in [0.4, 0.5) is 4.39 Å². The highest BCUT2D eigenvalue weighted by Crippen LogP contribution is 2.30. The van der Waals surface area contributed by atoms with E-state index >= 15 is 0 Å². The van der Waals surface area contributed by atoms with E-state index in [2.05, 4.69) is 10.3 Å². The van der Waals surface area contributed by atoms with Crippen LogP contribution in [0.15, 0.2) is 36.7 Å². The zero-order valence-electron chi connectivity index (χ0n) is 14.7. The first-order valence-electron chi connectivity index (χ1n) is 8.77. The van der Waals surface area contributed by atoms with E-state index in [-0.39, 0.29) is 6.61 Å². The average Bonchev–Trinajstić information content (AvgIpc) is 3.24. The molecule has 8 heteroatoms. The van der Waals surface area contributed by atoms with Gasteiger partial charge >= 0.3 is 0 Å². The monoisotopic (exact) mass is 370 g/mol. The number of imidazole rings is 1. The number of halogens is 1. The lowest BCUT2D eigenvalue weighted by atomic mass is 9.97. The maximum Gasteiger partial charge on any atom is 0.255 e. The van der Waals surface area contributed by atoms with E-state index in [9.17, 15) is 14.0 Å². The zero-order chi connectivity index (χ0) is 19.1. The maximum atomic E-state index is 14.0. The van der Waals surface area contributed by atoms with Crippen LogP contribution in [0.1, 0.15) is 23.7 Å². The number of pyridine rings is 1. The molecular formula is C19H19FN4O3. The number of primary amides is 1. The van der Waals surface area contributed by atoms with Crippen molar-refractivity contribution in [2.24, 2.45) is 11.7 Å². The largest absolute Gasteiger partial charge is 0.489 e. The molecule has 1 aromatic carbocycles. The highest BCUT2D eigenvalue weighted by molar-refractivity contribution is 6.03. The van der Waals surface area contributed by atoms with Crippen LogP contribution in [-0.4, -0.2) is 40.0 Å². The molecule has 1 saturated heterocycles. The molecule has 7 nitrogen and oxygen atoms in total. The zero-order valence-corrected chi connectivity index (χ0v) is 14.7. The third kappa shape index (κ3) is 2.77. The molecule has 2 amide bonds. The Balaban J connectivity index is 1.72. The molecule has 3 N–H and O–H groups in total. The lowest BCUT2D eigenvalue weighted by Crippen LogP contribution is -2.34. The number of carbonyl (C=O) groups is 2. The van der Waals surface area contributed by atoms with Gasteiger partial charge in [0.15, 0.2) is 6.17 Å². The fourth-order valence-electron chi connectivity index (χ4n) is 3.72. The highest BCUT2D eigenvalue weighted by atomic mass is 19.1. The number of hydrogen-bond donors (Lipinski definition) is 2. The molecule has 4 rings (SSSR count). The van der Waals surface area contributed by atoms with Crippen LogP contribution in [-0.2, 0) is 4.79 Å². The molecule has 3 unspecified atom stereocenters. The lowest BCUT2D eigenvalue weighted by molar-refractivity contribution is -0.123. The van der Waals surface area contributed by atoms with Gasteiger partial charge in [-0.2, -0.15) is 0 Å². The smallest absolute Gasteiger partial charge is 0.255 e. The predicted molar refractivity (Wildman–Crippen MR) is 97.3 cm³/mol. The first-order chi connectivity index (χ1) is 13.0. The summed E-state index contributed by atoms with van der Waals surface area (Å²) in [6, 6.07) is 6.72. The fourth-order valence-corrected chi connectivity index (χ4v) is 3.72. The summed E-state index contributed by atoms with van der Waals surface area (Å²) >= 11 is 0. The summed E-state index contributed by atoms with van der Waals surface area (Å²) in [7, 11) is 0. The third-order valence-electron chi connectivity index (χ3n) is 5.08. The number of nitrogens with zero attached hydrogens (tertiary/aromatic N) is 2. The molecule has 1 aliphatic heterocycles. The number of nitrogens with one attached hydrogen (secondary N) is 1. The molecule has 1 fully saturated rings. The second kappa shape index (κ2) is 6.53. The summed E-state index contributed by atoms with van der Waals surface area (Å²) in [5.41, 5.74) is 6.95. The van der Waals surface area contributed by atoms with Gasteiger partial charge in [0.25, 0.3) is 11.8 Å². The number of benzene rings is 1. The van der Waals surface area contributed by atoms with Crippen molar-refractivity contribution in [3.8, 4) is 5.75 Å². The summed E-state index contributed by atoms with van der Waals surface area (Å²) in [5.74, 6) is -1.01. The average molecular weight is 370 g/mol. The van der Waals surface area contributed by atoms with Crippen LogP contribution < -0.4 is 15.8 Å². The summed E-state index contributed by atoms with van der Waals surface area (Å²) < 4.78 is 21.7. The minimum Gasteiger partial charge on any atom is -0.489 e. The Morgan fingerprint density at radius 2 is 2.26 bits per heavy atom. The van der Waals surface area contributed by atoms with Crippen molar-refractivity contribution in [1.82, 2.24) is 14.7 Å². The number of amides is 2. The van der Waals surface area contributed by atoms with Crippen molar-refractivity contribution in [1.29, 1.82) is 0 Å². The molecule has 140 valence electrons. The number of para-hydroxylation sites is 1. The van der Waals surface area contributed by atoms with Crippen molar-refractivity contribution in [2.75, 3.05) is 6.61 Å². The number of rotatable bonds is 5. The Bertz CT molecular complexity index is 1050. The van der Waals surface area contributed by atoms with E-state index in [1.165, 1.54) is 0 Å². The summed E-state index contributed by atoms with van der Waals surface area (Å²) in [6.07, 6.45) is 2.34. The summed E-state index contributed by atoms with van der Waals surface area (Å²) in [5, 5.41) is 3.42. The van der Waals surface area contributed by atoms with Gasteiger partial charge in [-0.1, -0.05) is 19.1 Å². The van der Waals surface area contributed by atoms with Gasteiger partial charge in [-0.15, -0.1) is 0 Å². The molecular weight excluding hydrogens is 351 g/mol. The molecule has 3 atom stereocenters. The van der Waals surface area contributed by atoms with E-state index in [4.69, 9.17) is 10.5 Å². The SMILES string of the molecule is CCC1C(COc2cccc3cc(C(N)=O)c4nccn4c23)NC(=O)C1F. The Morgan fingerprint density at radius 1 is 1.44 bits per heavy atom. The number of carbonyl (C=O) groups excluding carboxylic acids is 2. The number of ether oxygens (including phenoxy) is 1. The minimum absolute atomic E-state index is 0.150. The van der Waals surface area contributed by atoms with E-state index in [0.717, 1.165) is 10.9 Å². The maximum absolute atomic E-state index is 14.0. The van der Waals surface area contributed by atoms with E-state index in [0.29, 0.717) is 23.4 Å². The predicted octanol–water partition coefficient (Wildman–Crippen LogP) is 1.83. The standard InChI is InChI=1S/C19H19FN4O3/c1-2-11-13(23-19(26)15(11)20)9-27-14-5-3-4-10-8-12(17(21)25)18-22-6-7-24(18)16(10)14/h3-8,11,13,15H,2,9H2,1H3,(H2,21,25)(H,23,26). The van der Waals surface area contributed by atoms with E-state index < -0.39 is 29.9 Å². The highest BCUT2D eigenvalue weighted by Gasteiger charge is 2.41. The van der Waals surface area contributed by atoms with Crippen molar-refractivity contribution in [3.63, 3.8) is 0 Å². The first kappa shape index (κ1) is 17.3. The van der Waals surface area contributed by atoms with Crippen molar-refractivity contribution < 1.29 is 18.7 Å². The van der Waals surface area contributed by atoms with Gasteiger partial charge in [0, 0.05) is 23.7 Å². The number of hydrogen-bond acceptors (Lipinski definition) is 4.